The molecule has 148 valence electrons. The molecule has 0 saturated heterocycles. The van der Waals surface area contributed by atoms with E-state index in [0.29, 0.717) is 23.5 Å². The minimum atomic E-state index is -0.521. The second kappa shape index (κ2) is 6.98. The molecular formula is C22H24ClNO4. The summed E-state index contributed by atoms with van der Waals surface area (Å²) in [6.45, 7) is 0. The number of fused-ring (bicyclic) bond motifs is 7. The smallest absolute Gasteiger partial charge is 0.257 e. The number of aromatic nitrogens is 1. The first kappa shape index (κ1) is 19.1. The zero-order valence-electron chi connectivity index (χ0n) is 15.9. The number of ether oxygens (including phenoxy) is 2. The molecule has 5 rings (SSSR count). The van der Waals surface area contributed by atoms with Crippen molar-refractivity contribution in [3.63, 3.8) is 0 Å². The van der Waals surface area contributed by atoms with Crippen molar-refractivity contribution < 1.29 is 19.7 Å². The Hall–Kier alpha value is -2.24. The highest BCUT2D eigenvalue weighted by Crippen LogP contribution is 2.51. The second-order valence-electron chi connectivity index (χ2n) is 7.72. The van der Waals surface area contributed by atoms with Gasteiger partial charge in [-0.3, -0.25) is 0 Å². The number of phenols is 1. The molecule has 6 heteroatoms. The van der Waals surface area contributed by atoms with E-state index < -0.39 is 6.10 Å². The molecule has 0 amide bonds. The Labute approximate surface area is 169 Å². The minimum absolute atomic E-state index is 0. The lowest BCUT2D eigenvalue weighted by molar-refractivity contribution is 0.0758. The number of pyridine rings is 1. The minimum Gasteiger partial charge on any atom is -0.508 e. The molecule has 0 aliphatic heterocycles. The van der Waals surface area contributed by atoms with Gasteiger partial charge in [-0.1, -0.05) is 12.5 Å². The van der Waals surface area contributed by atoms with Crippen molar-refractivity contribution in [2.75, 3.05) is 14.2 Å². The molecule has 1 fully saturated rings. The van der Waals surface area contributed by atoms with E-state index in [1.165, 1.54) is 6.42 Å². The van der Waals surface area contributed by atoms with Gasteiger partial charge in [0.05, 0.1) is 25.8 Å². The number of rotatable bonds is 2. The van der Waals surface area contributed by atoms with Crippen molar-refractivity contribution >= 4 is 34.1 Å². The number of phenolic OH excluding ortho intramolecular Hbond substituents is 1. The van der Waals surface area contributed by atoms with Gasteiger partial charge in [-0.15, -0.1) is 12.4 Å². The van der Waals surface area contributed by atoms with Crippen LogP contribution < -0.4 is 9.47 Å². The largest absolute Gasteiger partial charge is 0.508 e. The molecule has 2 aliphatic rings. The van der Waals surface area contributed by atoms with Crippen LogP contribution >= 0.6 is 12.4 Å². The molecule has 1 unspecified atom stereocenters. The number of halogens is 1. The van der Waals surface area contributed by atoms with Crippen LogP contribution in [-0.4, -0.2) is 29.4 Å². The number of aliphatic hydroxyl groups is 1. The van der Waals surface area contributed by atoms with Crippen molar-refractivity contribution in [3.05, 3.63) is 35.4 Å². The van der Waals surface area contributed by atoms with E-state index in [1.54, 1.807) is 26.4 Å². The predicted molar refractivity (Wildman–Crippen MR) is 111 cm³/mol. The van der Waals surface area contributed by atoms with Crippen molar-refractivity contribution in [2.24, 2.45) is 11.8 Å². The fourth-order valence-corrected chi connectivity index (χ4v) is 5.24. The fourth-order valence-electron chi connectivity index (χ4n) is 5.24. The lowest BCUT2D eigenvalue weighted by Gasteiger charge is -2.34. The van der Waals surface area contributed by atoms with Crippen molar-refractivity contribution in [2.45, 2.75) is 31.8 Å². The molecule has 0 spiro atoms. The van der Waals surface area contributed by atoms with Gasteiger partial charge in [0, 0.05) is 10.9 Å². The average molecular weight is 402 g/mol. The molecule has 2 aliphatic carbocycles. The summed E-state index contributed by atoms with van der Waals surface area (Å²) in [7, 11) is 3.15. The van der Waals surface area contributed by atoms with Gasteiger partial charge in [0.2, 0.25) is 0 Å². The summed E-state index contributed by atoms with van der Waals surface area (Å²) in [5.74, 6) is 1.98. The fraction of sp³-hybridized carbons (Fsp3) is 0.409. The maximum atomic E-state index is 11.3. The van der Waals surface area contributed by atoms with Crippen molar-refractivity contribution in [1.29, 1.82) is 0 Å². The number of methoxy groups -OCH3 is 2. The molecule has 0 radical (unpaired) electrons. The first-order chi connectivity index (χ1) is 13.1. The summed E-state index contributed by atoms with van der Waals surface area (Å²) in [6, 6.07) is 7.35. The molecule has 3 atom stereocenters. The summed E-state index contributed by atoms with van der Waals surface area (Å²) < 4.78 is 10.9. The van der Waals surface area contributed by atoms with Gasteiger partial charge in [-0.2, -0.15) is 0 Å². The first-order valence-corrected chi connectivity index (χ1v) is 9.50. The number of aliphatic hydroxyl groups excluding tert-OH is 1. The summed E-state index contributed by atoms with van der Waals surface area (Å²) >= 11 is 0. The number of hydrogen-bond acceptors (Lipinski definition) is 5. The van der Waals surface area contributed by atoms with Crippen molar-refractivity contribution in [1.82, 2.24) is 4.98 Å². The van der Waals surface area contributed by atoms with E-state index in [-0.39, 0.29) is 18.2 Å². The Morgan fingerprint density at radius 2 is 1.86 bits per heavy atom. The highest BCUT2D eigenvalue weighted by atomic mass is 35.5. The Bertz CT molecular complexity index is 1070. The van der Waals surface area contributed by atoms with E-state index in [0.717, 1.165) is 52.1 Å². The summed E-state index contributed by atoms with van der Waals surface area (Å²) in [5, 5.41) is 24.2. The van der Waals surface area contributed by atoms with E-state index in [1.807, 2.05) is 12.1 Å². The number of aromatic hydroxyl groups is 1. The van der Waals surface area contributed by atoms with Crippen LogP contribution in [0.4, 0.5) is 0 Å². The molecule has 5 nitrogen and oxygen atoms in total. The van der Waals surface area contributed by atoms with E-state index in [4.69, 9.17) is 14.5 Å². The van der Waals surface area contributed by atoms with Crippen molar-refractivity contribution in [3.8, 4) is 17.4 Å². The number of hydrogen-bond donors (Lipinski definition) is 2. The van der Waals surface area contributed by atoms with Crippen LogP contribution in [0, 0.1) is 11.8 Å². The molecule has 1 heterocycles. The van der Waals surface area contributed by atoms with Gasteiger partial charge in [-0.25, -0.2) is 4.98 Å². The summed E-state index contributed by atoms with van der Waals surface area (Å²) in [6.07, 6.45) is 3.82. The Morgan fingerprint density at radius 3 is 2.61 bits per heavy atom. The molecule has 1 saturated carbocycles. The molecule has 3 aromatic rings. The Morgan fingerprint density at radius 1 is 1.04 bits per heavy atom. The topological polar surface area (TPSA) is 71.8 Å². The summed E-state index contributed by atoms with van der Waals surface area (Å²) in [5.41, 5.74) is 2.83. The third-order valence-corrected chi connectivity index (χ3v) is 6.45. The Kier molecular flexibility index (Phi) is 4.76. The van der Waals surface area contributed by atoms with E-state index in [9.17, 15) is 10.2 Å². The monoisotopic (exact) mass is 401 g/mol. The first-order valence-electron chi connectivity index (χ1n) is 9.50. The molecule has 0 bridgehead atoms. The summed E-state index contributed by atoms with van der Waals surface area (Å²) in [4.78, 5) is 4.73. The average Bonchev–Trinajstić information content (AvgIpc) is 3.16. The lowest BCUT2D eigenvalue weighted by atomic mass is 9.73. The van der Waals surface area contributed by atoms with Gasteiger partial charge < -0.3 is 19.7 Å². The maximum Gasteiger partial charge on any atom is 0.257 e. The van der Waals surface area contributed by atoms with Gasteiger partial charge >= 0.3 is 0 Å². The molecule has 2 N–H and O–H groups in total. The zero-order valence-corrected chi connectivity index (χ0v) is 16.8. The van der Waals surface area contributed by atoms with Gasteiger partial charge in [0.15, 0.2) is 5.75 Å². The van der Waals surface area contributed by atoms with E-state index >= 15 is 0 Å². The lowest BCUT2D eigenvalue weighted by Crippen LogP contribution is -2.26. The highest BCUT2D eigenvalue weighted by Gasteiger charge is 2.41. The van der Waals surface area contributed by atoms with Crippen LogP contribution in [0.25, 0.3) is 21.7 Å². The third-order valence-electron chi connectivity index (χ3n) is 6.45. The number of benzene rings is 2. The van der Waals surface area contributed by atoms with Crippen LogP contribution in [0.2, 0.25) is 0 Å². The molecule has 2 aromatic carbocycles. The highest BCUT2D eigenvalue weighted by molar-refractivity contribution is 6.10. The second-order valence-corrected chi connectivity index (χ2v) is 7.72. The molecular weight excluding hydrogens is 378 g/mol. The number of nitrogens with zero attached hydrogens (tertiary/aromatic N) is 1. The predicted octanol–water partition coefficient (Wildman–Crippen LogP) is 4.54. The van der Waals surface area contributed by atoms with Gasteiger partial charge in [0.25, 0.3) is 5.88 Å². The van der Waals surface area contributed by atoms with Crippen LogP contribution in [0.1, 0.15) is 36.5 Å². The van der Waals surface area contributed by atoms with Crippen LogP contribution in [0.15, 0.2) is 24.3 Å². The SMILES string of the molecule is COc1cc2c(nc1OC)c1c(c3ccc(O)cc32)CC2CCC[C@@H]2[C@@H]1O.Cl. The maximum absolute atomic E-state index is 11.3. The van der Waals surface area contributed by atoms with Crippen LogP contribution in [0.3, 0.4) is 0 Å². The molecule has 28 heavy (non-hydrogen) atoms. The standard InChI is InChI=1S/C22H23NO4.ClH/c1-26-18-10-17-15-9-12(24)6-7-14(15)16-8-11-4-3-5-13(11)21(25)19(16)20(17)23-22(18)27-2;/h6-7,9-11,13,21,24-25H,3-5,8H2,1-2H3;1H/t11?,13-,21-;/m0./s1. The quantitative estimate of drug-likeness (QED) is 0.617. The Balaban J connectivity index is 0.00000192. The van der Waals surface area contributed by atoms with Gasteiger partial charge in [-0.05, 0) is 65.6 Å². The van der Waals surface area contributed by atoms with Gasteiger partial charge in [0.1, 0.15) is 5.75 Å². The van der Waals surface area contributed by atoms with Crippen LogP contribution in [0.5, 0.6) is 17.4 Å². The zero-order chi connectivity index (χ0) is 18.7. The van der Waals surface area contributed by atoms with E-state index in [2.05, 4.69) is 0 Å². The van der Waals surface area contributed by atoms with Crippen LogP contribution in [-0.2, 0) is 6.42 Å². The third kappa shape index (κ3) is 2.60. The molecule has 1 aromatic heterocycles. The normalized spacial score (nSPS) is 23.2.